The van der Waals surface area contributed by atoms with E-state index < -0.39 is 0 Å². The maximum Gasteiger partial charge on any atom is 0.338 e. The van der Waals surface area contributed by atoms with E-state index in [0.29, 0.717) is 24.5 Å². The molecule has 1 rings (SSSR count). The number of rotatable bonds is 6. The standard InChI is InChI=1S/C16H24O3/c1-5-19-16(18)15-7-6-13(9-12(4)17)10-14(15)8-11(2)3/h6-7,10-12,17H,5,8-9H2,1-4H3. The number of hydrogen-bond acceptors (Lipinski definition) is 3. The Balaban J connectivity index is 3.05. The molecule has 1 unspecified atom stereocenters. The minimum absolute atomic E-state index is 0.262. The zero-order valence-corrected chi connectivity index (χ0v) is 12.3. The minimum atomic E-state index is -0.375. The van der Waals surface area contributed by atoms with Crippen LogP contribution < -0.4 is 0 Å². The van der Waals surface area contributed by atoms with Crippen molar-refractivity contribution in [3.05, 3.63) is 34.9 Å². The highest BCUT2D eigenvalue weighted by molar-refractivity contribution is 5.91. The molecule has 0 saturated heterocycles. The van der Waals surface area contributed by atoms with Gasteiger partial charge < -0.3 is 9.84 Å². The summed E-state index contributed by atoms with van der Waals surface area (Å²) in [5.74, 6) is 0.205. The maximum absolute atomic E-state index is 11.9. The van der Waals surface area contributed by atoms with Gasteiger partial charge in [0.25, 0.3) is 0 Å². The van der Waals surface area contributed by atoms with Crippen molar-refractivity contribution in [3.63, 3.8) is 0 Å². The van der Waals surface area contributed by atoms with E-state index in [0.717, 1.165) is 17.5 Å². The first-order chi connectivity index (χ1) is 8.93. The van der Waals surface area contributed by atoms with Crippen molar-refractivity contribution in [1.29, 1.82) is 0 Å². The van der Waals surface area contributed by atoms with Gasteiger partial charge in [0.05, 0.1) is 18.3 Å². The van der Waals surface area contributed by atoms with Gasteiger partial charge in [-0.25, -0.2) is 4.79 Å². The smallest absolute Gasteiger partial charge is 0.338 e. The van der Waals surface area contributed by atoms with Crippen molar-refractivity contribution in [3.8, 4) is 0 Å². The molecule has 0 saturated carbocycles. The maximum atomic E-state index is 11.9. The van der Waals surface area contributed by atoms with Crippen molar-refractivity contribution in [2.75, 3.05) is 6.61 Å². The third-order valence-electron chi connectivity index (χ3n) is 2.82. The molecule has 0 fully saturated rings. The predicted molar refractivity (Wildman–Crippen MR) is 76.3 cm³/mol. The summed E-state index contributed by atoms with van der Waals surface area (Å²) in [5, 5.41) is 9.45. The molecule has 0 heterocycles. The van der Waals surface area contributed by atoms with Crippen molar-refractivity contribution in [1.82, 2.24) is 0 Å². The van der Waals surface area contributed by atoms with Gasteiger partial charge in [-0.15, -0.1) is 0 Å². The molecule has 1 N–H and O–H groups in total. The molecule has 1 aromatic carbocycles. The fraction of sp³-hybridized carbons (Fsp3) is 0.562. The molecule has 106 valence electrons. The molecular formula is C16H24O3. The summed E-state index contributed by atoms with van der Waals surface area (Å²) in [6.07, 6.45) is 1.07. The summed E-state index contributed by atoms with van der Waals surface area (Å²) >= 11 is 0. The Kier molecular flexibility index (Phi) is 6.03. The lowest BCUT2D eigenvalue weighted by molar-refractivity contribution is 0.0525. The molecule has 0 aliphatic carbocycles. The van der Waals surface area contributed by atoms with E-state index in [9.17, 15) is 9.90 Å². The second-order valence-corrected chi connectivity index (χ2v) is 5.36. The van der Waals surface area contributed by atoms with Crippen LogP contribution in [-0.2, 0) is 17.6 Å². The predicted octanol–water partition coefficient (Wildman–Crippen LogP) is 2.99. The minimum Gasteiger partial charge on any atom is -0.462 e. The SMILES string of the molecule is CCOC(=O)c1ccc(CC(C)O)cc1CC(C)C. The third kappa shape index (κ3) is 5.03. The number of aliphatic hydroxyl groups is 1. The lowest BCUT2D eigenvalue weighted by Gasteiger charge is -2.13. The number of carbonyl (C=O) groups excluding carboxylic acids is 1. The highest BCUT2D eigenvalue weighted by Gasteiger charge is 2.14. The average molecular weight is 264 g/mol. The molecule has 1 aromatic rings. The van der Waals surface area contributed by atoms with Crippen molar-refractivity contribution >= 4 is 5.97 Å². The van der Waals surface area contributed by atoms with Crippen LogP contribution in [0.2, 0.25) is 0 Å². The molecular weight excluding hydrogens is 240 g/mol. The molecule has 0 aromatic heterocycles. The van der Waals surface area contributed by atoms with Gasteiger partial charge in [0, 0.05) is 0 Å². The van der Waals surface area contributed by atoms with Crippen molar-refractivity contribution < 1.29 is 14.6 Å². The van der Waals surface area contributed by atoms with Gasteiger partial charge in [-0.2, -0.15) is 0 Å². The lowest BCUT2D eigenvalue weighted by Crippen LogP contribution is -2.11. The van der Waals surface area contributed by atoms with E-state index in [1.807, 2.05) is 25.1 Å². The molecule has 0 radical (unpaired) electrons. The van der Waals surface area contributed by atoms with E-state index in [1.165, 1.54) is 0 Å². The monoisotopic (exact) mass is 264 g/mol. The summed E-state index contributed by atoms with van der Waals surface area (Å²) in [6, 6.07) is 5.72. The normalized spacial score (nSPS) is 12.5. The second-order valence-electron chi connectivity index (χ2n) is 5.36. The zero-order chi connectivity index (χ0) is 14.4. The van der Waals surface area contributed by atoms with Crippen molar-refractivity contribution in [2.24, 2.45) is 5.92 Å². The van der Waals surface area contributed by atoms with Crippen LogP contribution in [0, 0.1) is 5.92 Å². The highest BCUT2D eigenvalue weighted by atomic mass is 16.5. The second kappa shape index (κ2) is 7.29. The number of ether oxygens (including phenoxy) is 1. The first-order valence-electron chi connectivity index (χ1n) is 6.91. The first-order valence-corrected chi connectivity index (χ1v) is 6.91. The molecule has 1 atom stereocenters. The van der Waals surface area contributed by atoms with Gasteiger partial charge in [0.15, 0.2) is 0 Å². The molecule has 0 aliphatic rings. The van der Waals surface area contributed by atoms with Gasteiger partial charge in [0.2, 0.25) is 0 Å². The quantitative estimate of drug-likeness (QED) is 0.803. The molecule has 0 amide bonds. The topological polar surface area (TPSA) is 46.5 Å². The zero-order valence-electron chi connectivity index (χ0n) is 12.3. The highest BCUT2D eigenvalue weighted by Crippen LogP contribution is 2.18. The Hall–Kier alpha value is -1.35. The Labute approximate surface area is 115 Å². The molecule has 0 bridgehead atoms. The fourth-order valence-corrected chi connectivity index (χ4v) is 2.13. The van der Waals surface area contributed by atoms with Crippen LogP contribution in [-0.4, -0.2) is 23.8 Å². The summed E-state index contributed by atoms with van der Waals surface area (Å²) in [5.41, 5.74) is 2.70. The average Bonchev–Trinajstić information content (AvgIpc) is 2.27. The Bertz CT molecular complexity index is 422. The van der Waals surface area contributed by atoms with E-state index in [1.54, 1.807) is 6.92 Å². The summed E-state index contributed by atoms with van der Waals surface area (Å²) in [6.45, 7) is 8.20. The van der Waals surface area contributed by atoms with E-state index in [4.69, 9.17) is 4.74 Å². The number of hydrogen-bond donors (Lipinski definition) is 1. The van der Waals surface area contributed by atoms with Crippen LogP contribution in [0.4, 0.5) is 0 Å². The van der Waals surface area contributed by atoms with Crippen LogP contribution in [0.5, 0.6) is 0 Å². The van der Waals surface area contributed by atoms with Gasteiger partial charge in [-0.3, -0.25) is 0 Å². The first kappa shape index (κ1) is 15.7. The van der Waals surface area contributed by atoms with Crippen LogP contribution in [0.25, 0.3) is 0 Å². The fourth-order valence-electron chi connectivity index (χ4n) is 2.13. The molecule has 0 spiro atoms. The molecule has 3 heteroatoms. The van der Waals surface area contributed by atoms with E-state index >= 15 is 0 Å². The van der Waals surface area contributed by atoms with Crippen LogP contribution in [0.1, 0.15) is 49.2 Å². The lowest BCUT2D eigenvalue weighted by atomic mass is 9.94. The van der Waals surface area contributed by atoms with Gasteiger partial charge in [-0.1, -0.05) is 26.0 Å². The number of esters is 1. The Morgan fingerprint density at radius 2 is 1.95 bits per heavy atom. The summed E-state index contributed by atoms with van der Waals surface area (Å²) < 4.78 is 5.08. The number of carbonyl (C=O) groups is 1. The summed E-state index contributed by atoms with van der Waals surface area (Å²) in [4.78, 5) is 11.9. The van der Waals surface area contributed by atoms with Crippen LogP contribution >= 0.6 is 0 Å². The number of aliphatic hydroxyl groups excluding tert-OH is 1. The molecule has 0 aliphatic heterocycles. The largest absolute Gasteiger partial charge is 0.462 e. The van der Waals surface area contributed by atoms with E-state index in [-0.39, 0.29) is 12.1 Å². The van der Waals surface area contributed by atoms with Crippen LogP contribution in [0.3, 0.4) is 0 Å². The van der Waals surface area contributed by atoms with Gasteiger partial charge in [0.1, 0.15) is 0 Å². The summed E-state index contributed by atoms with van der Waals surface area (Å²) in [7, 11) is 0. The van der Waals surface area contributed by atoms with Gasteiger partial charge >= 0.3 is 5.97 Å². The Morgan fingerprint density at radius 3 is 2.47 bits per heavy atom. The Morgan fingerprint density at radius 1 is 1.26 bits per heavy atom. The van der Waals surface area contributed by atoms with Gasteiger partial charge in [-0.05, 0) is 49.8 Å². The van der Waals surface area contributed by atoms with Crippen molar-refractivity contribution in [2.45, 2.75) is 46.6 Å². The van der Waals surface area contributed by atoms with E-state index in [2.05, 4.69) is 13.8 Å². The molecule has 3 nitrogen and oxygen atoms in total. The third-order valence-corrected chi connectivity index (χ3v) is 2.82. The molecule has 19 heavy (non-hydrogen) atoms. The van der Waals surface area contributed by atoms with Crippen LogP contribution in [0.15, 0.2) is 18.2 Å². The number of benzene rings is 1.